The molecule has 17 rings (SSSR count). The molecule has 0 aliphatic heterocycles. The molecule has 14 aromatic carbocycles. The molecule has 3 aromatic heterocycles. The highest BCUT2D eigenvalue weighted by Gasteiger charge is 2.23. The molecule has 0 aliphatic rings. The third-order valence-electron chi connectivity index (χ3n) is 18.6. The number of hydrogen-bond acceptors (Lipinski definition) is 6. The third kappa shape index (κ3) is 10.8. The first-order valence-electron chi connectivity index (χ1n) is 32.4. The van der Waals surface area contributed by atoms with Gasteiger partial charge >= 0.3 is 0 Å². The van der Waals surface area contributed by atoms with Gasteiger partial charge in [0, 0.05) is 49.6 Å². The van der Waals surface area contributed by atoms with Gasteiger partial charge in [0.25, 0.3) is 0 Å². The summed E-state index contributed by atoms with van der Waals surface area (Å²) in [6.07, 6.45) is 0. The van der Waals surface area contributed by atoms with Crippen molar-refractivity contribution in [3.8, 4) is 142 Å². The van der Waals surface area contributed by atoms with E-state index < -0.39 is 0 Å². The molecule has 0 amide bonds. The molecule has 0 N–H and O–H groups in total. The molecule has 454 valence electrons. The molecule has 0 saturated carbocycles. The first-order chi connectivity index (χ1) is 48.4. The van der Waals surface area contributed by atoms with Gasteiger partial charge in [0.2, 0.25) is 0 Å². The molecule has 0 aliphatic carbocycles. The number of rotatable bonds is 12. The molecule has 8 nitrogen and oxygen atoms in total. The van der Waals surface area contributed by atoms with E-state index in [2.05, 4.69) is 246 Å². The standard InChI is InChI=1S/C90H54N8/c91-55-58-21-27-65(28-22-58)66-33-35-69(36-34-66)88-94-89(76-45-74(67-29-23-59(56-92)24-30-67)47-78(49-76)97-84-41-37-70(61-13-5-1-6-14-61)51-80(84)81-52-71(38-42-85(81)97)62-15-7-2-8-16-62)96-90(95-88)77-46-75(68-31-25-60(57-93)26-32-68)48-79(50-77)98-86-43-39-72(63-17-9-3-10-18-63)53-82(86)83-54-73(40-44-87(83)98)64-19-11-4-12-20-64/h1-54H. The zero-order valence-corrected chi connectivity index (χ0v) is 52.8. The summed E-state index contributed by atoms with van der Waals surface area (Å²) in [5.74, 6) is 1.35. The van der Waals surface area contributed by atoms with Gasteiger partial charge in [-0.05, 0) is 199 Å². The molecule has 98 heavy (non-hydrogen) atoms. The Morgan fingerprint density at radius 1 is 0.194 bits per heavy atom. The molecule has 0 spiro atoms. The number of benzene rings is 14. The van der Waals surface area contributed by atoms with Crippen LogP contribution in [0.3, 0.4) is 0 Å². The van der Waals surface area contributed by atoms with Crippen LogP contribution in [-0.2, 0) is 0 Å². The van der Waals surface area contributed by atoms with Gasteiger partial charge in [-0.3, -0.25) is 0 Å². The Kier molecular flexibility index (Phi) is 14.5. The molecular weight excluding hydrogens is 1190 g/mol. The van der Waals surface area contributed by atoms with E-state index in [1.807, 2.05) is 109 Å². The second-order valence-corrected chi connectivity index (χ2v) is 24.6. The lowest BCUT2D eigenvalue weighted by molar-refractivity contribution is 1.07. The lowest BCUT2D eigenvalue weighted by Gasteiger charge is -2.16. The smallest absolute Gasteiger partial charge is 0.164 e. The SMILES string of the molecule is N#Cc1ccc(-c2ccc(-c3nc(-c4cc(-c5ccc(C#N)cc5)cc(-n5c6ccc(-c7ccccc7)cc6c6cc(-c7ccccc7)ccc65)c4)nc(-c4cc(-c5ccc(C#N)cc5)cc(-n5c6ccc(-c7ccccc7)cc6c6cc(-c7ccccc7)ccc65)c4)n3)cc2)cc1. The van der Waals surface area contributed by atoms with E-state index in [9.17, 15) is 15.8 Å². The Labute approximate surface area is 566 Å². The summed E-state index contributed by atoms with van der Waals surface area (Å²) < 4.78 is 4.70. The lowest BCUT2D eigenvalue weighted by Crippen LogP contribution is -2.03. The molecular formula is C90H54N8. The maximum Gasteiger partial charge on any atom is 0.164 e. The van der Waals surface area contributed by atoms with E-state index in [0.717, 1.165) is 150 Å². The van der Waals surface area contributed by atoms with Crippen molar-refractivity contribution in [2.45, 2.75) is 0 Å². The molecule has 0 unspecified atom stereocenters. The van der Waals surface area contributed by atoms with Crippen molar-refractivity contribution in [3.63, 3.8) is 0 Å². The largest absolute Gasteiger partial charge is 0.309 e. The number of nitriles is 3. The fourth-order valence-electron chi connectivity index (χ4n) is 13.7. The summed E-state index contributed by atoms with van der Waals surface area (Å²) >= 11 is 0. The summed E-state index contributed by atoms with van der Waals surface area (Å²) in [6.45, 7) is 0. The molecule has 0 fully saturated rings. The van der Waals surface area contributed by atoms with Crippen LogP contribution in [-0.4, -0.2) is 24.1 Å². The normalized spacial score (nSPS) is 11.2. The lowest BCUT2D eigenvalue weighted by atomic mass is 9.99. The van der Waals surface area contributed by atoms with Gasteiger partial charge in [-0.2, -0.15) is 15.8 Å². The van der Waals surface area contributed by atoms with Crippen molar-refractivity contribution in [3.05, 3.63) is 344 Å². The minimum Gasteiger partial charge on any atom is -0.309 e. The second-order valence-electron chi connectivity index (χ2n) is 24.6. The zero-order valence-electron chi connectivity index (χ0n) is 52.8. The van der Waals surface area contributed by atoms with Crippen LogP contribution in [0.4, 0.5) is 0 Å². The van der Waals surface area contributed by atoms with Crippen LogP contribution in [0.2, 0.25) is 0 Å². The molecule has 8 heteroatoms. The summed E-state index contributed by atoms with van der Waals surface area (Å²) in [5, 5.41) is 34.1. The average Bonchev–Trinajstić information content (AvgIpc) is 1.57. The van der Waals surface area contributed by atoms with Gasteiger partial charge in [-0.1, -0.05) is 206 Å². The summed E-state index contributed by atoms with van der Waals surface area (Å²) in [5.41, 5.74) is 24.4. The Bertz CT molecular complexity index is 5560. The van der Waals surface area contributed by atoms with Crippen molar-refractivity contribution >= 4 is 43.6 Å². The average molecular weight is 1250 g/mol. The van der Waals surface area contributed by atoms with E-state index in [1.165, 1.54) is 0 Å². The molecule has 0 atom stereocenters. The minimum absolute atomic E-state index is 0.445. The monoisotopic (exact) mass is 1250 g/mol. The van der Waals surface area contributed by atoms with Gasteiger partial charge in [0.05, 0.1) is 57.0 Å². The van der Waals surface area contributed by atoms with Gasteiger partial charge in [0.1, 0.15) is 0 Å². The summed E-state index contributed by atoms with van der Waals surface area (Å²) in [4.78, 5) is 16.6. The van der Waals surface area contributed by atoms with Crippen LogP contribution in [0.5, 0.6) is 0 Å². The van der Waals surface area contributed by atoms with Crippen molar-refractivity contribution in [2.24, 2.45) is 0 Å². The number of hydrogen-bond donors (Lipinski definition) is 0. The minimum atomic E-state index is 0.445. The van der Waals surface area contributed by atoms with E-state index in [1.54, 1.807) is 0 Å². The van der Waals surface area contributed by atoms with Crippen LogP contribution in [0, 0.1) is 34.0 Å². The van der Waals surface area contributed by atoms with Gasteiger partial charge < -0.3 is 9.13 Å². The van der Waals surface area contributed by atoms with Crippen molar-refractivity contribution in [1.29, 1.82) is 15.8 Å². The Hall–Kier alpha value is -13.8. The fraction of sp³-hybridized carbons (Fsp3) is 0. The van der Waals surface area contributed by atoms with E-state index in [4.69, 9.17) is 15.0 Å². The van der Waals surface area contributed by atoms with Gasteiger partial charge in [0.15, 0.2) is 17.5 Å². The first-order valence-corrected chi connectivity index (χ1v) is 32.4. The van der Waals surface area contributed by atoms with Crippen LogP contribution in [0.15, 0.2) is 328 Å². The third-order valence-corrected chi connectivity index (χ3v) is 18.6. The Morgan fingerprint density at radius 2 is 0.418 bits per heavy atom. The Balaban J connectivity index is 0.913. The highest BCUT2D eigenvalue weighted by Crippen LogP contribution is 2.43. The topological polar surface area (TPSA) is 120 Å². The fourth-order valence-corrected chi connectivity index (χ4v) is 13.7. The number of nitrogens with zero attached hydrogens (tertiary/aromatic N) is 8. The van der Waals surface area contributed by atoms with Crippen molar-refractivity contribution in [2.75, 3.05) is 0 Å². The quantitative estimate of drug-likeness (QED) is 0.120. The summed E-state index contributed by atoms with van der Waals surface area (Å²) in [7, 11) is 0. The molecule has 3 heterocycles. The first kappa shape index (κ1) is 58.0. The van der Waals surface area contributed by atoms with Crippen LogP contribution in [0.25, 0.3) is 167 Å². The predicted molar refractivity (Wildman–Crippen MR) is 397 cm³/mol. The van der Waals surface area contributed by atoms with Crippen molar-refractivity contribution < 1.29 is 0 Å². The van der Waals surface area contributed by atoms with E-state index in [0.29, 0.717) is 34.2 Å². The molecule has 0 radical (unpaired) electrons. The maximum atomic E-state index is 10.0. The molecule has 0 bridgehead atoms. The highest BCUT2D eigenvalue weighted by molar-refractivity contribution is 6.13. The summed E-state index contributed by atoms with van der Waals surface area (Å²) in [6, 6.07) is 120. The maximum absolute atomic E-state index is 10.0. The molecule has 17 aromatic rings. The van der Waals surface area contributed by atoms with Crippen LogP contribution < -0.4 is 0 Å². The highest BCUT2D eigenvalue weighted by atomic mass is 15.0. The van der Waals surface area contributed by atoms with Crippen LogP contribution in [0.1, 0.15) is 16.7 Å². The van der Waals surface area contributed by atoms with E-state index >= 15 is 0 Å². The van der Waals surface area contributed by atoms with Gasteiger partial charge in [-0.25, -0.2) is 15.0 Å². The Morgan fingerprint density at radius 3 is 0.704 bits per heavy atom. The second kappa shape index (κ2) is 24.6. The predicted octanol–water partition coefficient (Wildman–Crippen LogP) is 22.4. The number of aromatic nitrogens is 5. The van der Waals surface area contributed by atoms with Crippen LogP contribution >= 0.6 is 0 Å². The number of fused-ring (bicyclic) bond motifs is 6. The molecule has 0 saturated heterocycles. The zero-order chi connectivity index (χ0) is 65.6. The van der Waals surface area contributed by atoms with Gasteiger partial charge in [-0.15, -0.1) is 0 Å². The van der Waals surface area contributed by atoms with E-state index in [-0.39, 0.29) is 0 Å². The van der Waals surface area contributed by atoms with Crippen molar-refractivity contribution in [1.82, 2.24) is 24.1 Å².